The number of esters is 1. The molecule has 7 atom stereocenters. The van der Waals surface area contributed by atoms with Crippen molar-refractivity contribution in [3.05, 3.63) is 47.6 Å². The molecule has 7 unspecified atom stereocenters. The van der Waals surface area contributed by atoms with E-state index in [1.807, 2.05) is 13.0 Å². The van der Waals surface area contributed by atoms with E-state index in [2.05, 4.69) is 32.9 Å². The highest BCUT2D eigenvalue weighted by Crippen LogP contribution is 2.66. The van der Waals surface area contributed by atoms with Crippen LogP contribution in [0.2, 0.25) is 0 Å². The molecule has 0 aromatic rings. The van der Waals surface area contributed by atoms with Gasteiger partial charge in [-0.1, -0.05) is 43.7 Å². The van der Waals surface area contributed by atoms with Gasteiger partial charge in [0.25, 0.3) is 0 Å². The van der Waals surface area contributed by atoms with Crippen molar-refractivity contribution in [3.63, 3.8) is 0 Å². The number of carbonyl (C=O) groups is 2. The first-order valence-corrected chi connectivity index (χ1v) is 11.8. The molecular formula is C26H36O9. The summed E-state index contributed by atoms with van der Waals surface area (Å²) in [5, 5.41) is 38.5. The van der Waals surface area contributed by atoms with Crippen LogP contribution in [-0.2, 0) is 23.8 Å². The monoisotopic (exact) mass is 492 g/mol. The number of carbonyl (C=O) groups excluding carboxylic acids is 1. The van der Waals surface area contributed by atoms with Gasteiger partial charge in [0.1, 0.15) is 23.9 Å². The van der Waals surface area contributed by atoms with Crippen molar-refractivity contribution in [2.24, 2.45) is 5.41 Å². The summed E-state index contributed by atoms with van der Waals surface area (Å²) in [6.07, 6.45) is 5.01. The van der Waals surface area contributed by atoms with Crippen molar-refractivity contribution < 1.29 is 44.2 Å². The Labute approximate surface area is 205 Å². The van der Waals surface area contributed by atoms with E-state index in [-0.39, 0.29) is 16.6 Å². The zero-order valence-corrected chi connectivity index (χ0v) is 20.8. The molecular weight excluding hydrogens is 456 g/mol. The molecule has 1 aliphatic carbocycles. The van der Waals surface area contributed by atoms with Crippen LogP contribution in [0.4, 0.5) is 0 Å². The summed E-state index contributed by atoms with van der Waals surface area (Å²) in [5.41, 5.74) is 1.27. The molecule has 194 valence electrons. The van der Waals surface area contributed by atoms with E-state index in [4.69, 9.17) is 19.3 Å². The van der Waals surface area contributed by atoms with Crippen LogP contribution in [0.25, 0.3) is 0 Å². The van der Waals surface area contributed by atoms with Gasteiger partial charge in [-0.15, -0.1) is 0 Å². The van der Waals surface area contributed by atoms with Crippen molar-refractivity contribution in [2.45, 2.75) is 95.8 Å². The molecule has 1 saturated carbocycles. The third kappa shape index (κ3) is 5.44. The van der Waals surface area contributed by atoms with Gasteiger partial charge in [-0.2, -0.15) is 0 Å². The van der Waals surface area contributed by atoms with Gasteiger partial charge in [-0.25, -0.2) is 9.59 Å². The maximum atomic E-state index is 12.2. The van der Waals surface area contributed by atoms with Gasteiger partial charge in [0.15, 0.2) is 6.10 Å². The Bertz CT molecular complexity index is 962. The third-order valence-corrected chi connectivity index (χ3v) is 7.28. The van der Waals surface area contributed by atoms with E-state index in [9.17, 15) is 24.9 Å². The number of aliphatic carboxylic acids is 1. The summed E-state index contributed by atoms with van der Waals surface area (Å²) in [6, 6.07) is 0. The number of epoxide rings is 1. The van der Waals surface area contributed by atoms with Gasteiger partial charge in [0.05, 0.1) is 5.60 Å². The first kappa shape index (κ1) is 27.3. The standard InChI is InChI=1S/C26H36O9/c1-15(10-13-26-24(3,4)11-7-12-25(26,5)35-26)8-6-9-16(2)14-17(27)33-23-20(30)18(28)19(29)21(34-23)22(31)32/h6,8-10,13-14,18-21,23,28-30H,7,11-12H2,1-5H3,(H,31,32). The maximum absolute atomic E-state index is 12.2. The zero-order valence-electron chi connectivity index (χ0n) is 20.8. The normalized spacial score (nSPS) is 39.5. The van der Waals surface area contributed by atoms with Crippen LogP contribution in [0.3, 0.4) is 0 Å². The van der Waals surface area contributed by atoms with Crippen molar-refractivity contribution in [3.8, 4) is 0 Å². The van der Waals surface area contributed by atoms with Crippen molar-refractivity contribution in [2.75, 3.05) is 0 Å². The minimum atomic E-state index is -1.86. The Morgan fingerprint density at radius 2 is 1.66 bits per heavy atom. The highest BCUT2D eigenvalue weighted by Gasteiger charge is 2.73. The fourth-order valence-electron chi connectivity index (χ4n) is 5.10. The van der Waals surface area contributed by atoms with Gasteiger partial charge in [0, 0.05) is 11.5 Å². The van der Waals surface area contributed by atoms with E-state index < -0.39 is 42.6 Å². The number of carboxylic acid groups (broad SMARTS) is 1. The Morgan fingerprint density at radius 1 is 0.971 bits per heavy atom. The van der Waals surface area contributed by atoms with Gasteiger partial charge in [-0.05, 0) is 51.7 Å². The van der Waals surface area contributed by atoms with E-state index in [0.29, 0.717) is 5.57 Å². The molecule has 0 radical (unpaired) electrons. The van der Waals surface area contributed by atoms with E-state index in [1.165, 1.54) is 6.42 Å². The summed E-state index contributed by atoms with van der Waals surface area (Å²) in [6.45, 7) is 10.3. The topological polar surface area (TPSA) is 146 Å². The molecule has 4 N–H and O–H groups in total. The van der Waals surface area contributed by atoms with Crippen LogP contribution in [0.15, 0.2) is 47.6 Å². The molecule has 35 heavy (non-hydrogen) atoms. The predicted octanol–water partition coefficient (Wildman–Crippen LogP) is 2.16. The van der Waals surface area contributed by atoms with Crippen LogP contribution in [0, 0.1) is 5.41 Å². The van der Waals surface area contributed by atoms with Crippen LogP contribution in [0.5, 0.6) is 0 Å². The van der Waals surface area contributed by atoms with Crippen LogP contribution < -0.4 is 0 Å². The molecule has 0 aromatic carbocycles. The summed E-state index contributed by atoms with van der Waals surface area (Å²) in [5.74, 6) is -2.45. The molecule has 3 rings (SSSR count). The third-order valence-electron chi connectivity index (χ3n) is 7.28. The lowest BCUT2D eigenvalue weighted by atomic mass is 9.64. The number of carboxylic acids is 1. The van der Waals surface area contributed by atoms with Crippen LogP contribution >= 0.6 is 0 Å². The largest absolute Gasteiger partial charge is 0.479 e. The summed E-state index contributed by atoms with van der Waals surface area (Å²) >= 11 is 0. The Balaban J connectivity index is 1.58. The smallest absolute Gasteiger partial charge is 0.335 e. The minimum Gasteiger partial charge on any atom is -0.479 e. The van der Waals surface area contributed by atoms with Gasteiger partial charge < -0.3 is 34.6 Å². The quantitative estimate of drug-likeness (QED) is 0.182. The second-order valence-corrected chi connectivity index (χ2v) is 10.5. The first-order valence-electron chi connectivity index (χ1n) is 11.8. The minimum absolute atomic E-state index is 0.0700. The second kappa shape index (κ2) is 9.99. The fourth-order valence-corrected chi connectivity index (χ4v) is 5.10. The Morgan fingerprint density at radius 3 is 2.29 bits per heavy atom. The van der Waals surface area contributed by atoms with E-state index in [1.54, 1.807) is 19.1 Å². The number of rotatable bonds is 7. The maximum Gasteiger partial charge on any atom is 0.335 e. The Hall–Kier alpha value is -2.30. The van der Waals surface area contributed by atoms with Gasteiger partial charge >= 0.3 is 11.9 Å². The van der Waals surface area contributed by atoms with Crippen molar-refractivity contribution in [1.29, 1.82) is 0 Å². The molecule has 2 heterocycles. The molecule has 0 spiro atoms. The van der Waals surface area contributed by atoms with Crippen LogP contribution in [-0.4, -0.2) is 74.3 Å². The number of fused-ring (bicyclic) bond motifs is 1. The first-order chi connectivity index (χ1) is 16.2. The average Bonchev–Trinajstić information content (AvgIpc) is 3.39. The molecule has 0 amide bonds. The number of hydrogen-bond acceptors (Lipinski definition) is 8. The highest BCUT2D eigenvalue weighted by atomic mass is 16.7. The van der Waals surface area contributed by atoms with Gasteiger partial charge in [-0.3, -0.25) is 0 Å². The molecule has 9 nitrogen and oxygen atoms in total. The SMILES string of the molecule is CC(C=CC12OC1(C)CCCC2(C)C)=CC=CC(C)=CC(=O)OC1OC(C(=O)O)C(O)C(O)C1O. The molecule has 2 saturated heterocycles. The number of aliphatic hydroxyl groups is 3. The molecule has 2 aliphatic heterocycles. The number of aliphatic hydroxyl groups excluding tert-OH is 3. The van der Waals surface area contributed by atoms with E-state index in [0.717, 1.165) is 24.5 Å². The van der Waals surface area contributed by atoms with Gasteiger partial charge in [0.2, 0.25) is 6.29 Å². The average molecular weight is 493 g/mol. The lowest BCUT2D eigenvalue weighted by Crippen LogP contribution is -2.60. The molecule has 0 aromatic heterocycles. The zero-order chi connectivity index (χ0) is 26.2. The highest BCUT2D eigenvalue weighted by molar-refractivity contribution is 5.83. The predicted molar refractivity (Wildman–Crippen MR) is 126 cm³/mol. The molecule has 3 aliphatic rings. The molecule has 3 fully saturated rings. The fraction of sp³-hybridized carbons (Fsp3) is 0.615. The van der Waals surface area contributed by atoms with Crippen molar-refractivity contribution in [1.82, 2.24) is 0 Å². The summed E-state index contributed by atoms with van der Waals surface area (Å²) in [7, 11) is 0. The number of ether oxygens (including phenoxy) is 3. The number of allylic oxidation sites excluding steroid dienone is 6. The lowest BCUT2D eigenvalue weighted by Gasteiger charge is -2.37. The Kier molecular flexibility index (Phi) is 7.79. The number of hydrogen-bond donors (Lipinski definition) is 4. The second-order valence-electron chi connectivity index (χ2n) is 10.5. The summed E-state index contributed by atoms with van der Waals surface area (Å²) in [4.78, 5) is 23.3. The van der Waals surface area contributed by atoms with Crippen molar-refractivity contribution >= 4 is 11.9 Å². The van der Waals surface area contributed by atoms with E-state index >= 15 is 0 Å². The molecule has 9 heteroatoms. The van der Waals surface area contributed by atoms with Crippen LogP contribution in [0.1, 0.15) is 53.9 Å². The molecule has 0 bridgehead atoms. The lowest BCUT2D eigenvalue weighted by molar-refractivity contribution is -0.284. The summed E-state index contributed by atoms with van der Waals surface area (Å²) < 4.78 is 16.1.